The Morgan fingerprint density at radius 1 is 1.10 bits per heavy atom. The van der Waals surface area contributed by atoms with Gasteiger partial charge in [-0.05, 0) is 49.6 Å². The number of piperidine rings is 1. The summed E-state index contributed by atoms with van der Waals surface area (Å²) in [6, 6.07) is 18.5. The second-order valence-electron chi connectivity index (χ2n) is 7.96. The van der Waals surface area contributed by atoms with Gasteiger partial charge < -0.3 is 4.74 Å². The fourth-order valence-corrected chi connectivity index (χ4v) is 4.27. The molecule has 2 atom stereocenters. The van der Waals surface area contributed by atoms with E-state index in [0.717, 1.165) is 48.4 Å². The first kappa shape index (κ1) is 19.6. The molecule has 0 saturated carbocycles. The monoisotopic (exact) mass is 391 g/mol. The van der Waals surface area contributed by atoms with Gasteiger partial charge in [-0.25, -0.2) is 5.01 Å². The number of hydrogen-bond acceptors (Lipinski definition) is 4. The highest BCUT2D eigenvalue weighted by Crippen LogP contribution is 2.34. The summed E-state index contributed by atoms with van der Waals surface area (Å²) < 4.78 is 5.29. The number of hydrogen-bond donors (Lipinski definition) is 0. The summed E-state index contributed by atoms with van der Waals surface area (Å²) in [5.74, 6) is 0.890. The molecule has 152 valence electrons. The van der Waals surface area contributed by atoms with Crippen LogP contribution in [0.1, 0.15) is 49.8 Å². The average molecular weight is 392 g/mol. The van der Waals surface area contributed by atoms with Crippen molar-refractivity contribution in [2.45, 2.75) is 44.7 Å². The Morgan fingerprint density at radius 2 is 1.86 bits per heavy atom. The lowest BCUT2D eigenvalue weighted by molar-refractivity contribution is -0.135. The van der Waals surface area contributed by atoms with E-state index in [9.17, 15) is 4.79 Å². The molecule has 1 amide bonds. The minimum atomic E-state index is -0.0799. The maximum Gasteiger partial charge on any atom is 0.257 e. The van der Waals surface area contributed by atoms with Crippen LogP contribution >= 0.6 is 0 Å². The molecule has 1 saturated heterocycles. The van der Waals surface area contributed by atoms with Crippen molar-refractivity contribution in [1.29, 1.82) is 0 Å². The Kier molecular flexibility index (Phi) is 5.95. The molecule has 5 heteroatoms. The van der Waals surface area contributed by atoms with Crippen molar-refractivity contribution < 1.29 is 9.53 Å². The van der Waals surface area contributed by atoms with Crippen LogP contribution in [0.25, 0.3) is 0 Å². The topological polar surface area (TPSA) is 45.1 Å². The Bertz CT molecular complexity index is 863. The standard InChI is InChI=1S/C24H29N3O2/c1-18-8-6-7-15-26(18)17-24(28)27-23(20-11-13-21(29-2)14-12-20)16-22(25-27)19-9-4-3-5-10-19/h3-5,9-14,18,23H,6-8,15-17H2,1-2H3/t18-,23-/m1/s1. The highest BCUT2D eigenvalue weighted by Gasteiger charge is 2.34. The lowest BCUT2D eigenvalue weighted by Crippen LogP contribution is -2.44. The molecule has 1 fully saturated rings. The van der Waals surface area contributed by atoms with Gasteiger partial charge >= 0.3 is 0 Å². The van der Waals surface area contributed by atoms with Crippen LogP contribution in [0.15, 0.2) is 59.7 Å². The van der Waals surface area contributed by atoms with Crippen molar-refractivity contribution in [2.24, 2.45) is 5.10 Å². The summed E-state index contributed by atoms with van der Waals surface area (Å²) in [7, 11) is 1.66. The molecular formula is C24H29N3O2. The van der Waals surface area contributed by atoms with E-state index in [-0.39, 0.29) is 11.9 Å². The second kappa shape index (κ2) is 8.78. The fraction of sp³-hybridized carbons (Fsp3) is 0.417. The molecule has 0 aliphatic carbocycles. The Labute approximate surface area is 173 Å². The largest absolute Gasteiger partial charge is 0.497 e. The van der Waals surface area contributed by atoms with Crippen LogP contribution in [-0.4, -0.2) is 47.8 Å². The first-order valence-electron chi connectivity index (χ1n) is 10.5. The normalized spacial score (nSPS) is 22.4. The molecule has 0 N–H and O–H groups in total. The molecule has 2 aliphatic heterocycles. The van der Waals surface area contributed by atoms with E-state index in [1.165, 1.54) is 6.42 Å². The number of ether oxygens (including phenoxy) is 1. The molecule has 0 bridgehead atoms. The number of benzene rings is 2. The van der Waals surface area contributed by atoms with Gasteiger partial charge in [0.2, 0.25) is 0 Å². The molecule has 2 aromatic rings. The van der Waals surface area contributed by atoms with Crippen molar-refractivity contribution in [3.63, 3.8) is 0 Å². The molecule has 5 nitrogen and oxygen atoms in total. The van der Waals surface area contributed by atoms with Crippen molar-refractivity contribution in [2.75, 3.05) is 20.2 Å². The van der Waals surface area contributed by atoms with Crippen molar-refractivity contribution in [3.05, 3.63) is 65.7 Å². The number of nitrogens with zero attached hydrogens (tertiary/aromatic N) is 3. The lowest BCUT2D eigenvalue weighted by atomic mass is 9.98. The third-order valence-corrected chi connectivity index (χ3v) is 6.05. The summed E-state index contributed by atoms with van der Waals surface area (Å²) in [5, 5.41) is 6.51. The van der Waals surface area contributed by atoms with Gasteiger partial charge in [-0.15, -0.1) is 0 Å². The van der Waals surface area contributed by atoms with Crippen molar-refractivity contribution in [1.82, 2.24) is 9.91 Å². The first-order valence-corrected chi connectivity index (χ1v) is 10.5. The second-order valence-corrected chi connectivity index (χ2v) is 7.96. The van der Waals surface area contributed by atoms with Gasteiger partial charge in [0, 0.05) is 12.5 Å². The number of rotatable bonds is 5. The minimum Gasteiger partial charge on any atom is -0.497 e. The van der Waals surface area contributed by atoms with Gasteiger partial charge in [-0.2, -0.15) is 5.10 Å². The minimum absolute atomic E-state index is 0.0745. The van der Waals surface area contributed by atoms with Crippen LogP contribution in [0, 0.1) is 0 Å². The van der Waals surface area contributed by atoms with E-state index in [0.29, 0.717) is 12.6 Å². The number of amides is 1. The van der Waals surface area contributed by atoms with E-state index < -0.39 is 0 Å². The van der Waals surface area contributed by atoms with Gasteiger partial charge in [0.1, 0.15) is 5.75 Å². The maximum absolute atomic E-state index is 13.3. The molecule has 0 spiro atoms. The first-order chi connectivity index (χ1) is 14.2. The molecule has 2 aromatic carbocycles. The van der Waals surface area contributed by atoms with Gasteiger partial charge in [0.25, 0.3) is 5.91 Å². The van der Waals surface area contributed by atoms with Gasteiger partial charge in [-0.3, -0.25) is 9.69 Å². The van der Waals surface area contributed by atoms with Gasteiger partial charge in [-0.1, -0.05) is 48.9 Å². The highest BCUT2D eigenvalue weighted by molar-refractivity contribution is 6.03. The fourth-order valence-electron chi connectivity index (χ4n) is 4.27. The van der Waals surface area contributed by atoms with Crippen LogP contribution < -0.4 is 4.74 Å². The summed E-state index contributed by atoms with van der Waals surface area (Å²) >= 11 is 0. The van der Waals surface area contributed by atoms with Crippen LogP contribution in [0.3, 0.4) is 0 Å². The number of carbonyl (C=O) groups is 1. The molecule has 2 heterocycles. The summed E-state index contributed by atoms with van der Waals surface area (Å²) in [5.41, 5.74) is 3.12. The average Bonchev–Trinajstić information content (AvgIpc) is 3.22. The van der Waals surface area contributed by atoms with Crippen LogP contribution in [0.4, 0.5) is 0 Å². The molecule has 29 heavy (non-hydrogen) atoms. The summed E-state index contributed by atoms with van der Waals surface area (Å²) in [6.07, 6.45) is 4.30. The summed E-state index contributed by atoms with van der Waals surface area (Å²) in [4.78, 5) is 15.6. The summed E-state index contributed by atoms with van der Waals surface area (Å²) in [6.45, 7) is 3.64. The third kappa shape index (κ3) is 4.35. The molecule has 0 unspecified atom stereocenters. The van der Waals surface area contributed by atoms with E-state index >= 15 is 0 Å². The number of hydrazone groups is 1. The Balaban J connectivity index is 1.59. The van der Waals surface area contributed by atoms with Gasteiger partial charge in [0.05, 0.1) is 25.4 Å². The van der Waals surface area contributed by atoms with E-state index in [1.807, 2.05) is 42.5 Å². The van der Waals surface area contributed by atoms with E-state index in [2.05, 4.69) is 24.0 Å². The van der Waals surface area contributed by atoms with Crippen molar-refractivity contribution in [3.8, 4) is 5.75 Å². The Morgan fingerprint density at radius 3 is 2.55 bits per heavy atom. The van der Waals surface area contributed by atoms with Crippen LogP contribution in [0.5, 0.6) is 5.75 Å². The number of likely N-dealkylation sites (tertiary alicyclic amines) is 1. The zero-order valence-corrected chi connectivity index (χ0v) is 17.3. The smallest absolute Gasteiger partial charge is 0.257 e. The Hall–Kier alpha value is -2.66. The number of methoxy groups -OCH3 is 1. The lowest BCUT2D eigenvalue weighted by Gasteiger charge is -2.34. The van der Waals surface area contributed by atoms with E-state index in [1.54, 1.807) is 12.1 Å². The number of carbonyl (C=O) groups excluding carboxylic acids is 1. The van der Waals surface area contributed by atoms with E-state index in [4.69, 9.17) is 9.84 Å². The van der Waals surface area contributed by atoms with Crippen LogP contribution in [-0.2, 0) is 4.79 Å². The third-order valence-electron chi connectivity index (χ3n) is 6.05. The molecule has 4 rings (SSSR count). The quantitative estimate of drug-likeness (QED) is 0.766. The maximum atomic E-state index is 13.3. The molecule has 0 aromatic heterocycles. The molecular weight excluding hydrogens is 362 g/mol. The van der Waals surface area contributed by atoms with Crippen LogP contribution in [0.2, 0.25) is 0 Å². The SMILES string of the molecule is COc1ccc([C@H]2CC(c3ccccc3)=NN2C(=O)CN2CCCC[C@H]2C)cc1. The van der Waals surface area contributed by atoms with Crippen molar-refractivity contribution >= 4 is 11.6 Å². The molecule has 0 radical (unpaired) electrons. The zero-order valence-electron chi connectivity index (χ0n) is 17.3. The molecule has 2 aliphatic rings. The predicted molar refractivity (Wildman–Crippen MR) is 115 cm³/mol. The highest BCUT2D eigenvalue weighted by atomic mass is 16.5. The zero-order chi connectivity index (χ0) is 20.2. The van der Waals surface area contributed by atoms with Gasteiger partial charge in [0.15, 0.2) is 0 Å². The predicted octanol–water partition coefficient (Wildman–Crippen LogP) is 4.25.